The van der Waals surface area contributed by atoms with Gasteiger partial charge in [-0.05, 0) is 76.4 Å². The number of carbonyl (C=O) groups excluding carboxylic acids is 2. The maximum atomic E-state index is 12.4. The third kappa shape index (κ3) is 8.69. The van der Waals surface area contributed by atoms with Crippen molar-refractivity contribution in [2.75, 3.05) is 46.2 Å². The first-order valence-corrected chi connectivity index (χ1v) is 11.0. The van der Waals surface area contributed by atoms with Crippen molar-refractivity contribution in [3.63, 3.8) is 0 Å². The molecular weight excluding hydrogens is 406 g/mol. The second-order valence-corrected chi connectivity index (χ2v) is 7.89. The number of methoxy groups -OCH3 is 1. The van der Waals surface area contributed by atoms with E-state index in [0.29, 0.717) is 12.3 Å². The van der Waals surface area contributed by atoms with Gasteiger partial charge >= 0.3 is 5.97 Å². The van der Waals surface area contributed by atoms with E-state index in [9.17, 15) is 9.59 Å². The molecule has 0 saturated carbocycles. The van der Waals surface area contributed by atoms with E-state index in [4.69, 9.17) is 9.47 Å². The topological polar surface area (TPSA) is 71.1 Å². The number of rotatable bonds is 13. The molecule has 0 aromatic heterocycles. The van der Waals surface area contributed by atoms with E-state index in [2.05, 4.69) is 12.2 Å². The highest BCUT2D eigenvalue weighted by Gasteiger charge is 2.22. The third-order valence-corrected chi connectivity index (χ3v) is 5.15. The van der Waals surface area contributed by atoms with Crippen LogP contribution in [0.15, 0.2) is 54.6 Å². The van der Waals surface area contributed by atoms with Gasteiger partial charge in [0, 0.05) is 5.69 Å². The minimum Gasteiger partial charge on any atom is -0.468 e. The van der Waals surface area contributed by atoms with Gasteiger partial charge in [-0.25, -0.2) is 0 Å². The highest BCUT2D eigenvalue weighted by molar-refractivity contribution is 5.92. The molecule has 0 bridgehead atoms. The molecule has 1 unspecified atom stereocenters. The molecule has 2 aromatic rings. The molecule has 0 heterocycles. The second kappa shape index (κ2) is 13.5. The Labute approximate surface area is 191 Å². The van der Waals surface area contributed by atoms with Crippen LogP contribution >= 0.6 is 0 Å². The van der Waals surface area contributed by atoms with Gasteiger partial charge in [0.1, 0.15) is 17.5 Å². The molecule has 7 heteroatoms. The van der Waals surface area contributed by atoms with Gasteiger partial charge in [-0.15, -0.1) is 0 Å². The van der Waals surface area contributed by atoms with E-state index in [1.807, 2.05) is 78.5 Å². The summed E-state index contributed by atoms with van der Waals surface area (Å²) in [6, 6.07) is 16.6. The maximum Gasteiger partial charge on any atom is 0.323 e. The molecule has 2 aromatic carbocycles. The van der Waals surface area contributed by atoms with E-state index in [-0.39, 0.29) is 17.9 Å². The summed E-state index contributed by atoms with van der Waals surface area (Å²) >= 11 is 0. The zero-order chi connectivity index (χ0) is 23.3. The van der Waals surface area contributed by atoms with Crippen LogP contribution in [0.1, 0.15) is 26.2 Å². The van der Waals surface area contributed by atoms with Crippen molar-refractivity contribution >= 4 is 17.6 Å². The Bertz CT molecular complexity index is 827. The fourth-order valence-electron chi connectivity index (χ4n) is 3.43. The summed E-state index contributed by atoms with van der Waals surface area (Å²) in [4.78, 5) is 28.3. The van der Waals surface area contributed by atoms with Crippen molar-refractivity contribution in [3.05, 3.63) is 54.6 Å². The molecule has 7 nitrogen and oxygen atoms in total. The summed E-state index contributed by atoms with van der Waals surface area (Å²) in [7, 11) is 5.28. The van der Waals surface area contributed by atoms with Gasteiger partial charge in [-0.3, -0.25) is 19.4 Å². The predicted molar refractivity (Wildman–Crippen MR) is 127 cm³/mol. The van der Waals surface area contributed by atoms with Gasteiger partial charge in [0.05, 0.1) is 13.7 Å². The molecule has 1 atom stereocenters. The van der Waals surface area contributed by atoms with Crippen LogP contribution in [0.25, 0.3) is 0 Å². The SMILES string of the molecule is CCCC(C(=O)OC)N(C)CCCN(C)CC(=O)Nc1ccc(Oc2ccccc2)cc1. The Morgan fingerprint density at radius 3 is 2.25 bits per heavy atom. The van der Waals surface area contributed by atoms with Gasteiger partial charge in [-0.1, -0.05) is 31.5 Å². The number of benzene rings is 2. The van der Waals surface area contributed by atoms with E-state index in [0.717, 1.165) is 43.8 Å². The molecule has 0 saturated heterocycles. The Morgan fingerprint density at radius 2 is 1.62 bits per heavy atom. The fourth-order valence-corrected chi connectivity index (χ4v) is 3.43. The molecule has 1 amide bonds. The van der Waals surface area contributed by atoms with Gasteiger partial charge in [0.2, 0.25) is 5.91 Å². The van der Waals surface area contributed by atoms with E-state index < -0.39 is 0 Å². The number of nitrogens with one attached hydrogen (secondary N) is 1. The molecule has 0 aliphatic rings. The number of hydrogen-bond donors (Lipinski definition) is 1. The average molecular weight is 442 g/mol. The van der Waals surface area contributed by atoms with Crippen molar-refractivity contribution in [2.45, 2.75) is 32.2 Å². The van der Waals surface area contributed by atoms with Crippen molar-refractivity contribution in [3.8, 4) is 11.5 Å². The quantitative estimate of drug-likeness (QED) is 0.474. The summed E-state index contributed by atoms with van der Waals surface area (Å²) in [5.74, 6) is 1.21. The van der Waals surface area contributed by atoms with Gasteiger partial charge < -0.3 is 14.8 Å². The zero-order valence-electron chi connectivity index (χ0n) is 19.5. The minimum atomic E-state index is -0.215. The largest absolute Gasteiger partial charge is 0.468 e. The standard InChI is InChI=1S/C25H35N3O4/c1-5-10-23(25(30)31-4)28(3)18-9-17-27(2)19-24(29)26-20-13-15-22(16-14-20)32-21-11-7-6-8-12-21/h6-8,11-16,23H,5,9-10,17-19H2,1-4H3,(H,26,29). The van der Waals surface area contributed by atoms with Crippen LogP contribution in [0.4, 0.5) is 5.69 Å². The Morgan fingerprint density at radius 1 is 0.969 bits per heavy atom. The summed E-state index contributed by atoms with van der Waals surface area (Å²) in [5.41, 5.74) is 0.726. The molecular formula is C25H35N3O4. The predicted octanol–water partition coefficient (Wildman–Crippen LogP) is 4.01. The molecule has 0 aliphatic carbocycles. The van der Waals surface area contributed by atoms with Crippen molar-refractivity contribution in [1.82, 2.24) is 9.80 Å². The second-order valence-electron chi connectivity index (χ2n) is 7.89. The number of esters is 1. The fraction of sp³-hybridized carbons (Fsp3) is 0.440. The lowest BCUT2D eigenvalue weighted by atomic mass is 10.1. The van der Waals surface area contributed by atoms with E-state index >= 15 is 0 Å². The molecule has 0 radical (unpaired) electrons. The number of anilines is 1. The molecule has 174 valence electrons. The molecule has 2 rings (SSSR count). The lowest BCUT2D eigenvalue weighted by molar-refractivity contribution is -0.146. The maximum absolute atomic E-state index is 12.4. The molecule has 32 heavy (non-hydrogen) atoms. The monoisotopic (exact) mass is 441 g/mol. The lowest BCUT2D eigenvalue weighted by Crippen LogP contribution is -2.40. The number of amides is 1. The van der Waals surface area contributed by atoms with Crippen LogP contribution in [-0.2, 0) is 14.3 Å². The molecule has 0 spiro atoms. The van der Waals surface area contributed by atoms with Crippen LogP contribution in [-0.4, -0.2) is 68.6 Å². The highest BCUT2D eigenvalue weighted by Crippen LogP contribution is 2.22. The molecule has 0 fully saturated rings. The normalized spacial score (nSPS) is 11.9. The highest BCUT2D eigenvalue weighted by atomic mass is 16.5. The Balaban J connectivity index is 1.72. The van der Waals surface area contributed by atoms with Crippen LogP contribution in [0, 0.1) is 0 Å². The smallest absolute Gasteiger partial charge is 0.323 e. The number of ether oxygens (including phenoxy) is 2. The van der Waals surface area contributed by atoms with Crippen LogP contribution in [0.5, 0.6) is 11.5 Å². The van der Waals surface area contributed by atoms with Crippen LogP contribution in [0.3, 0.4) is 0 Å². The van der Waals surface area contributed by atoms with Crippen LogP contribution in [0.2, 0.25) is 0 Å². The number of nitrogens with zero attached hydrogens (tertiary/aromatic N) is 2. The Kier molecular flexibility index (Phi) is 10.7. The first kappa shape index (κ1) is 25.4. The third-order valence-electron chi connectivity index (χ3n) is 5.15. The number of carbonyl (C=O) groups is 2. The van der Waals surface area contributed by atoms with Crippen molar-refractivity contribution in [1.29, 1.82) is 0 Å². The molecule has 0 aliphatic heterocycles. The van der Waals surface area contributed by atoms with Gasteiger partial charge in [-0.2, -0.15) is 0 Å². The number of likely N-dealkylation sites (N-methyl/N-ethyl adjacent to an activating group) is 2. The lowest BCUT2D eigenvalue weighted by Gasteiger charge is -2.26. The van der Waals surface area contributed by atoms with E-state index in [1.54, 1.807) is 0 Å². The van der Waals surface area contributed by atoms with Crippen LogP contribution < -0.4 is 10.1 Å². The average Bonchev–Trinajstić information content (AvgIpc) is 2.78. The zero-order valence-corrected chi connectivity index (χ0v) is 19.5. The van der Waals surface area contributed by atoms with Crippen molar-refractivity contribution in [2.24, 2.45) is 0 Å². The van der Waals surface area contributed by atoms with Crippen molar-refractivity contribution < 1.29 is 19.1 Å². The Hall–Kier alpha value is -2.90. The number of hydrogen-bond acceptors (Lipinski definition) is 6. The first-order valence-electron chi connectivity index (χ1n) is 11.0. The summed E-state index contributed by atoms with van der Waals surface area (Å²) in [5, 5.41) is 2.91. The summed E-state index contributed by atoms with van der Waals surface area (Å²) < 4.78 is 10.7. The van der Waals surface area contributed by atoms with E-state index in [1.165, 1.54) is 7.11 Å². The van der Waals surface area contributed by atoms with Gasteiger partial charge in [0.15, 0.2) is 0 Å². The summed E-state index contributed by atoms with van der Waals surface area (Å²) in [6.07, 6.45) is 2.54. The first-order chi connectivity index (χ1) is 15.4. The number of para-hydroxylation sites is 1. The summed E-state index contributed by atoms with van der Waals surface area (Å²) in [6.45, 7) is 3.86. The van der Waals surface area contributed by atoms with Gasteiger partial charge in [0.25, 0.3) is 0 Å². The minimum absolute atomic E-state index is 0.0731. The molecule has 1 N–H and O–H groups in total.